The quantitative estimate of drug-likeness (QED) is 0.838. The smallest absolute Gasteiger partial charge is 0.420 e. The molecule has 0 atom stereocenters. The number of ether oxygens (including phenoxy) is 1. The molecule has 1 heterocycles. The molecule has 0 fully saturated rings. The largest absolute Gasteiger partial charge is 0.437 e. The van der Waals surface area contributed by atoms with E-state index in [4.69, 9.17) is 10.5 Å². The lowest BCUT2D eigenvalue weighted by Gasteiger charge is -2.13. The number of nitrogens with two attached hydrogens (primary N) is 1. The van der Waals surface area contributed by atoms with Crippen molar-refractivity contribution in [2.24, 2.45) is 0 Å². The highest BCUT2D eigenvalue weighted by molar-refractivity contribution is 5.49. The second-order valence-corrected chi connectivity index (χ2v) is 3.42. The van der Waals surface area contributed by atoms with Crippen LogP contribution in [0.1, 0.15) is 5.56 Å². The fourth-order valence-corrected chi connectivity index (χ4v) is 1.31. The second kappa shape index (κ2) is 4.52. The Morgan fingerprint density at radius 1 is 1.17 bits per heavy atom. The summed E-state index contributed by atoms with van der Waals surface area (Å²) in [6.45, 7) is 0. The summed E-state index contributed by atoms with van der Waals surface area (Å²) in [4.78, 5) is 0. The second-order valence-electron chi connectivity index (χ2n) is 3.42. The van der Waals surface area contributed by atoms with Gasteiger partial charge in [0, 0.05) is 18.0 Å². The number of rotatable bonds is 2. The Hall–Kier alpha value is -2.31. The Labute approximate surface area is 100 Å². The first-order valence-corrected chi connectivity index (χ1v) is 4.89. The van der Waals surface area contributed by atoms with Gasteiger partial charge in [-0.15, -0.1) is 5.10 Å². The Kier molecular flexibility index (Phi) is 3.05. The maximum Gasteiger partial charge on any atom is 0.420 e. The predicted octanol–water partition coefficient (Wildman–Crippen LogP) is 2.87. The van der Waals surface area contributed by atoms with Gasteiger partial charge in [0.2, 0.25) is 5.88 Å². The summed E-state index contributed by atoms with van der Waals surface area (Å²) >= 11 is 0. The molecule has 2 rings (SSSR count). The van der Waals surface area contributed by atoms with Gasteiger partial charge in [-0.25, -0.2) is 0 Å². The van der Waals surface area contributed by atoms with Crippen LogP contribution in [0.4, 0.5) is 18.9 Å². The zero-order chi connectivity index (χ0) is 13.2. The molecule has 2 N–H and O–H groups in total. The fourth-order valence-electron chi connectivity index (χ4n) is 1.31. The van der Waals surface area contributed by atoms with Gasteiger partial charge in [-0.1, -0.05) is 0 Å². The standard InChI is InChI=1S/C11H8F3N3O/c12-11(13,14)8-6-7(15)3-4-9(8)18-10-2-1-5-16-17-10/h1-6H,15H2. The van der Waals surface area contributed by atoms with Gasteiger partial charge in [-0.3, -0.25) is 0 Å². The zero-order valence-corrected chi connectivity index (χ0v) is 8.98. The molecule has 0 saturated heterocycles. The monoisotopic (exact) mass is 255 g/mol. The van der Waals surface area contributed by atoms with Crippen LogP contribution in [-0.4, -0.2) is 10.2 Å². The first-order valence-electron chi connectivity index (χ1n) is 4.89. The topological polar surface area (TPSA) is 61.0 Å². The van der Waals surface area contributed by atoms with Crippen LogP contribution in [-0.2, 0) is 6.18 Å². The molecule has 0 saturated carbocycles. The molecule has 0 unspecified atom stereocenters. The molecule has 7 heteroatoms. The number of hydrogen-bond donors (Lipinski definition) is 1. The minimum absolute atomic E-state index is 0.00817. The van der Waals surface area contributed by atoms with Crippen molar-refractivity contribution in [3.63, 3.8) is 0 Å². The Morgan fingerprint density at radius 3 is 2.56 bits per heavy atom. The summed E-state index contributed by atoms with van der Waals surface area (Å²) in [5, 5.41) is 7.06. The normalized spacial score (nSPS) is 11.3. The number of alkyl halides is 3. The van der Waals surface area contributed by atoms with Crippen LogP contribution < -0.4 is 10.5 Å². The van der Waals surface area contributed by atoms with E-state index >= 15 is 0 Å². The average Bonchev–Trinajstić information content (AvgIpc) is 2.31. The van der Waals surface area contributed by atoms with Gasteiger partial charge in [-0.2, -0.15) is 18.3 Å². The summed E-state index contributed by atoms with van der Waals surface area (Å²) in [5.41, 5.74) is 4.39. The van der Waals surface area contributed by atoms with Crippen LogP contribution in [0, 0.1) is 0 Å². The van der Waals surface area contributed by atoms with E-state index in [0.717, 1.165) is 12.1 Å². The van der Waals surface area contributed by atoms with E-state index in [-0.39, 0.29) is 17.3 Å². The molecule has 4 nitrogen and oxygen atoms in total. The van der Waals surface area contributed by atoms with Crippen LogP contribution >= 0.6 is 0 Å². The van der Waals surface area contributed by atoms with E-state index in [0.29, 0.717) is 0 Å². The molecule has 1 aromatic carbocycles. The van der Waals surface area contributed by atoms with Crippen LogP contribution in [0.2, 0.25) is 0 Å². The molecule has 0 aliphatic rings. The Balaban J connectivity index is 2.39. The molecule has 1 aromatic heterocycles. The van der Waals surface area contributed by atoms with Crippen molar-refractivity contribution in [3.8, 4) is 11.6 Å². The Morgan fingerprint density at radius 2 is 1.94 bits per heavy atom. The van der Waals surface area contributed by atoms with E-state index in [1.54, 1.807) is 0 Å². The van der Waals surface area contributed by atoms with Crippen LogP contribution in [0.5, 0.6) is 11.6 Å². The highest BCUT2D eigenvalue weighted by atomic mass is 19.4. The minimum Gasteiger partial charge on any atom is -0.437 e. The predicted molar refractivity (Wildman–Crippen MR) is 58.0 cm³/mol. The summed E-state index contributed by atoms with van der Waals surface area (Å²) in [6, 6.07) is 6.19. The van der Waals surface area contributed by atoms with Crippen molar-refractivity contribution < 1.29 is 17.9 Å². The highest BCUT2D eigenvalue weighted by Crippen LogP contribution is 2.38. The third kappa shape index (κ3) is 2.68. The van der Waals surface area contributed by atoms with Crippen molar-refractivity contribution >= 4 is 5.69 Å². The molecule has 0 spiro atoms. The molecule has 0 radical (unpaired) electrons. The molecule has 0 aliphatic carbocycles. The first-order chi connectivity index (χ1) is 8.47. The SMILES string of the molecule is Nc1ccc(Oc2cccnn2)c(C(F)(F)F)c1. The number of anilines is 1. The van der Waals surface area contributed by atoms with Crippen LogP contribution in [0.25, 0.3) is 0 Å². The fraction of sp³-hybridized carbons (Fsp3) is 0.0909. The van der Waals surface area contributed by atoms with Crippen LogP contribution in [0.15, 0.2) is 36.5 Å². The van der Waals surface area contributed by atoms with Gasteiger partial charge in [0.25, 0.3) is 0 Å². The first kappa shape index (κ1) is 12.2. The maximum absolute atomic E-state index is 12.8. The lowest BCUT2D eigenvalue weighted by molar-refractivity contribution is -0.138. The lowest BCUT2D eigenvalue weighted by atomic mass is 10.1. The molecule has 2 aromatic rings. The van der Waals surface area contributed by atoms with Gasteiger partial charge in [-0.05, 0) is 24.3 Å². The van der Waals surface area contributed by atoms with Gasteiger partial charge in [0.1, 0.15) is 11.3 Å². The Bertz CT molecular complexity index is 543. The number of halogens is 3. The van der Waals surface area contributed by atoms with Crippen molar-refractivity contribution in [3.05, 3.63) is 42.1 Å². The molecule has 94 valence electrons. The minimum atomic E-state index is -4.55. The molecular weight excluding hydrogens is 247 g/mol. The highest BCUT2D eigenvalue weighted by Gasteiger charge is 2.34. The molecule has 0 amide bonds. The van der Waals surface area contributed by atoms with E-state index in [2.05, 4.69) is 10.2 Å². The average molecular weight is 255 g/mol. The zero-order valence-electron chi connectivity index (χ0n) is 8.98. The number of nitrogen functional groups attached to an aromatic ring is 1. The van der Waals surface area contributed by atoms with Crippen LogP contribution in [0.3, 0.4) is 0 Å². The van der Waals surface area contributed by atoms with Crippen molar-refractivity contribution in [2.75, 3.05) is 5.73 Å². The number of benzene rings is 1. The van der Waals surface area contributed by atoms with Gasteiger partial charge in [0.15, 0.2) is 0 Å². The third-order valence-electron chi connectivity index (χ3n) is 2.07. The lowest BCUT2D eigenvalue weighted by Crippen LogP contribution is -2.08. The maximum atomic E-state index is 12.8. The summed E-state index contributed by atoms with van der Waals surface area (Å²) in [5.74, 6) is -0.384. The number of aromatic nitrogens is 2. The number of nitrogens with zero attached hydrogens (tertiary/aromatic N) is 2. The number of hydrogen-bond acceptors (Lipinski definition) is 4. The van der Waals surface area contributed by atoms with Crippen molar-refractivity contribution in [1.29, 1.82) is 0 Å². The van der Waals surface area contributed by atoms with Gasteiger partial charge >= 0.3 is 6.18 Å². The molecule has 18 heavy (non-hydrogen) atoms. The van der Waals surface area contributed by atoms with Gasteiger partial charge in [0.05, 0.1) is 0 Å². The third-order valence-corrected chi connectivity index (χ3v) is 2.07. The summed E-state index contributed by atoms with van der Waals surface area (Å²) < 4.78 is 43.3. The van der Waals surface area contributed by atoms with E-state index in [1.807, 2.05) is 0 Å². The van der Waals surface area contributed by atoms with E-state index in [9.17, 15) is 13.2 Å². The summed E-state index contributed by atoms with van der Waals surface area (Å²) in [6.07, 6.45) is -3.16. The van der Waals surface area contributed by atoms with E-state index in [1.165, 1.54) is 24.4 Å². The van der Waals surface area contributed by atoms with Crippen molar-refractivity contribution in [1.82, 2.24) is 10.2 Å². The van der Waals surface area contributed by atoms with E-state index < -0.39 is 11.7 Å². The molecular formula is C11H8F3N3O. The molecule has 0 bridgehead atoms. The molecule has 0 aliphatic heterocycles. The van der Waals surface area contributed by atoms with Gasteiger partial charge < -0.3 is 10.5 Å². The van der Waals surface area contributed by atoms with Crippen molar-refractivity contribution in [2.45, 2.75) is 6.18 Å². The summed E-state index contributed by atoms with van der Waals surface area (Å²) in [7, 11) is 0.